The normalized spacial score (nSPS) is 10.3. The van der Waals surface area contributed by atoms with E-state index in [0.717, 1.165) is 0 Å². The van der Waals surface area contributed by atoms with E-state index in [9.17, 15) is 4.79 Å². The number of carbonyl (C=O) groups excluding carboxylic acids is 1. The lowest BCUT2D eigenvalue weighted by atomic mass is 10.2. The number of primary amides is 1. The van der Waals surface area contributed by atoms with Gasteiger partial charge in [0.25, 0.3) is 0 Å². The zero-order valence-electron chi connectivity index (χ0n) is 9.98. The average Bonchev–Trinajstić information content (AvgIpc) is 2.41. The quantitative estimate of drug-likeness (QED) is 0.646. The van der Waals surface area contributed by atoms with Gasteiger partial charge in [0.05, 0.1) is 12.4 Å². The van der Waals surface area contributed by atoms with Gasteiger partial charge in [0.2, 0.25) is 0 Å². The lowest BCUT2D eigenvalue weighted by Gasteiger charge is -2.07. The third-order valence-electron chi connectivity index (χ3n) is 2.16. The van der Waals surface area contributed by atoms with Crippen LogP contribution in [0.5, 0.6) is 11.5 Å². The number of carbonyl (C=O) groups is 1. The van der Waals surface area contributed by atoms with Gasteiger partial charge in [-0.1, -0.05) is 12.1 Å². The van der Waals surface area contributed by atoms with Gasteiger partial charge in [-0.2, -0.15) is 5.10 Å². The van der Waals surface area contributed by atoms with E-state index in [0.29, 0.717) is 17.1 Å². The summed E-state index contributed by atoms with van der Waals surface area (Å²) >= 11 is 0. The second-order valence-corrected chi connectivity index (χ2v) is 3.56. The molecule has 0 atom stereocenters. The van der Waals surface area contributed by atoms with Crippen molar-refractivity contribution in [1.29, 1.82) is 0 Å². The van der Waals surface area contributed by atoms with Gasteiger partial charge in [-0.15, -0.1) is 0 Å². The van der Waals surface area contributed by atoms with Gasteiger partial charge >= 0.3 is 6.03 Å². The van der Waals surface area contributed by atoms with Crippen LogP contribution in [0.2, 0.25) is 0 Å². The number of nitrogens with two attached hydrogens (primary N) is 1. The van der Waals surface area contributed by atoms with Crippen LogP contribution in [0, 0.1) is 0 Å². The van der Waals surface area contributed by atoms with Crippen molar-refractivity contribution in [3.63, 3.8) is 0 Å². The van der Waals surface area contributed by atoms with Crippen LogP contribution in [-0.2, 0) is 0 Å². The second-order valence-electron chi connectivity index (χ2n) is 3.56. The molecule has 0 aliphatic rings. The summed E-state index contributed by atoms with van der Waals surface area (Å²) in [6.45, 7) is 0. The molecule has 2 rings (SSSR count). The molecule has 1 aromatic heterocycles. The highest BCUT2D eigenvalue weighted by molar-refractivity contribution is 5.84. The minimum absolute atomic E-state index is 0.602. The van der Waals surface area contributed by atoms with Crippen molar-refractivity contribution in [2.75, 3.05) is 0 Å². The molecule has 96 valence electrons. The highest BCUT2D eigenvalue weighted by Crippen LogP contribution is 2.23. The average molecular weight is 256 g/mol. The van der Waals surface area contributed by atoms with E-state index in [1.165, 1.54) is 6.21 Å². The maximum absolute atomic E-state index is 10.5. The summed E-state index contributed by atoms with van der Waals surface area (Å²) in [6.07, 6.45) is 4.73. The Morgan fingerprint density at radius 2 is 2.16 bits per heavy atom. The second kappa shape index (κ2) is 6.15. The molecule has 0 aliphatic carbocycles. The monoisotopic (exact) mass is 256 g/mol. The van der Waals surface area contributed by atoms with E-state index in [2.05, 4.69) is 15.5 Å². The molecule has 0 spiro atoms. The number of nitrogens with one attached hydrogen (secondary N) is 1. The van der Waals surface area contributed by atoms with Gasteiger partial charge in [0.1, 0.15) is 11.5 Å². The number of pyridine rings is 1. The maximum Gasteiger partial charge on any atom is 0.332 e. The third-order valence-corrected chi connectivity index (χ3v) is 2.16. The first-order valence-corrected chi connectivity index (χ1v) is 5.51. The molecule has 0 bridgehead atoms. The maximum atomic E-state index is 10.5. The summed E-state index contributed by atoms with van der Waals surface area (Å²) < 4.78 is 5.67. The Balaban J connectivity index is 2.17. The van der Waals surface area contributed by atoms with E-state index in [1.54, 1.807) is 36.7 Å². The predicted molar refractivity (Wildman–Crippen MR) is 71.1 cm³/mol. The first kappa shape index (κ1) is 12.6. The number of hydrogen-bond acceptors (Lipinski definition) is 4. The summed E-state index contributed by atoms with van der Waals surface area (Å²) in [5, 5.41) is 3.70. The highest BCUT2D eigenvalue weighted by Gasteiger charge is 2.02. The van der Waals surface area contributed by atoms with Gasteiger partial charge in [-0.05, 0) is 24.3 Å². The van der Waals surface area contributed by atoms with Crippen LogP contribution in [0.1, 0.15) is 5.56 Å². The molecule has 0 radical (unpaired) electrons. The number of aromatic nitrogens is 1. The largest absolute Gasteiger partial charge is 0.455 e. The number of urea groups is 1. The number of ether oxygens (including phenoxy) is 1. The van der Waals surface area contributed by atoms with Gasteiger partial charge in [0, 0.05) is 11.8 Å². The van der Waals surface area contributed by atoms with Crippen molar-refractivity contribution >= 4 is 12.2 Å². The lowest BCUT2D eigenvalue weighted by molar-refractivity contribution is 0.249. The SMILES string of the molecule is NC(=O)NN=Cc1ccccc1Oc1cccnc1. The summed E-state index contributed by atoms with van der Waals surface area (Å²) in [4.78, 5) is 14.5. The number of benzene rings is 1. The Morgan fingerprint density at radius 3 is 2.89 bits per heavy atom. The Kier molecular flexibility index (Phi) is 4.07. The number of amides is 2. The fourth-order valence-corrected chi connectivity index (χ4v) is 1.38. The number of hydrogen-bond donors (Lipinski definition) is 2. The fourth-order valence-electron chi connectivity index (χ4n) is 1.38. The summed E-state index contributed by atoms with van der Waals surface area (Å²) in [7, 11) is 0. The van der Waals surface area contributed by atoms with Crippen molar-refractivity contribution in [1.82, 2.24) is 10.4 Å². The smallest absolute Gasteiger partial charge is 0.332 e. The summed E-state index contributed by atoms with van der Waals surface area (Å²) in [5.74, 6) is 1.22. The van der Waals surface area contributed by atoms with Crippen molar-refractivity contribution < 1.29 is 9.53 Å². The Morgan fingerprint density at radius 1 is 1.32 bits per heavy atom. The molecule has 0 fully saturated rings. The predicted octanol–water partition coefficient (Wildman–Crippen LogP) is 1.88. The minimum atomic E-state index is -0.720. The van der Waals surface area contributed by atoms with Gasteiger partial charge in [-0.25, -0.2) is 10.2 Å². The molecule has 0 saturated carbocycles. The van der Waals surface area contributed by atoms with Crippen LogP contribution in [0.15, 0.2) is 53.9 Å². The van der Waals surface area contributed by atoms with Crippen LogP contribution < -0.4 is 15.9 Å². The first-order valence-electron chi connectivity index (χ1n) is 5.51. The van der Waals surface area contributed by atoms with Crippen LogP contribution >= 0.6 is 0 Å². The van der Waals surface area contributed by atoms with Crippen LogP contribution in [-0.4, -0.2) is 17.2 Å². The number of para-hydroxylation sites is 1. The zero-order valence-corrected chi connectivity index (χ0v) is 9.98. The van der Waals surface area contributed by atoms with Crippen molar-refractivity contribution in [2.24, 2.45) is 10.8 Å². The van der Waals surface area contributed by atoms with E-state index < -0.39 is 6.03 Å². The van der Waals surface area contributed by atoms with Gasteiger partial charge in [-0.3, -0.25) is 4.98 Å². The molecule has 0 unspecified atom stereocenters. The van der Waals surface area contributed by atoms with Gasteiger partial charge in [0.15, 0.2) is 0 Å². The summed E-state index contributed by atoms with van der Waals surface area (Å²) in [6, 6.07) is 10.1. The number of rotatable bonds is 4. The molecule has 1 aromatic carbocycles. The van der Waals surface area contributed by atoms with Crippen LogP contribution in [0.25, 0.3) is 0 Å². The molecule has 0 aliphatic heterocycles. The molecule has 1 heterocycles. The van der Waals surface area contributed by atoms with Crippen molar-refractivity contribution in [2.45, 2.75) is 0 Å². The van der Waals surface area contributed by atoms with E-state index >= 15 is 0 Å². The Labute approximate surface area is 109 Å². The summed E-state index contributed by atoms with van der Waals surface area (Å²) in [5.41, 5.74) is 7.75. The van der Waals surface area contributed by atoms with Crippen LogP contribution in [0.4, 0.5) is 4.79 Å². The molecule has 6 heteroatoms. The zero-order chi connectivity index (χ0) is 13.5. The van der Waals surface area contributed by atoms with E-state index in [-0.39, 0.29) is 0 Å². The molecular formula is C13H12N4O2. The standard InChI is InChI=1S/C13H12N4O2/c14-13(18)17-16-8-10-4-1-2-6-12(10)19-11-5-3-7-15-9-11/h1-9H,(H3,14,17,18). The van der Waals surface area contributed by atoms with E-state index in [4.69, 9.17) is 10.5 Å². The molecule has 19 heavy (non-hydrogen) atoms. The van der Waals surface area contributed by atoms with Crippen LogP contribution in [0.3, 0.4) is 0 Å². The molecular weight excluding hydrogens is 244 g/mol. The topological polar surface area (TPSA) is 89.6 Å². The minimum Gasteiger partial charge on any atom is -0.455 e. The highest BCUT2D eigenvalue weighted by atomic mass is 16.5. The Hall–Kier alpha value is -2.89. The molecule has 2 amide bonds. The van der Waals surface area contributed by atoms with E-state index in [1.807, 2.05) is 12.1 Å². The number of nitrogens with zero attached hydrogens (tertiary/aromatic N) is 2. The molecule has 3 N–H and O–H groups in total. The molecule has 0 saturated heterocycles. The molecule has 2 aromatic rings. The molecule has 6 nitrogen and oxygen atoms in total. The van der Waals surface area contributed by atoms with Crippen molar-refractivity contribution in [3.05, 3.63) is 54.4 Å². The Bertz CT molecular complexity index is 584. The van der Waals surface area contributed by atoms with Crippen molar-refractivity contribution in [3.8, 4) is 11.5 Å². The number of hydrazone groups is 1. The fraction of sp³-hybridized carbons (Fsp3) is 0. The van der Waals surface area contributed by atoms with Gasteiger partial charge < -0.3 is 10.5 Å². The third kappa shape index (κ3) is 3.81. The first-order chi connectivity index (χ1) is 9.25. The lowest BCUT2D eigenvalue weighted by Crippen LogP contribution is -2.24.